The van der Waals surface area contributed by atoms with Gasteiger partial charge in [0.15, 0.2) is 0 Å². The molecule has 0 amide bonds. The van der Waals surface area contributed by atoms with Crippen LogP contribution in [0.25, 0.3) is 0 Å². The van der Waals surface area contributed by atoms with Gasteiger partial charge in [0, 0.05) is 18.9 Å². The Labute approximate surface area is 105 Å². The van der Waals surface area contributed by atoms with Gasteiger partial charge in [0.25, 0.3) is 0 Å². The quantitative estimate of drug-likeness (QED) is 0.704. The zero-order valence-corrected chi connectivity index (χ0v) is 11.8. The van der Waals surface area contributed by atoms with Crippen LogP contribution in [0.2, 0.25) is 0 Å². The molecule has 0 aliphatic heterocycles. The molecular formula is C12H25NO3S. The van der Waals surface area contributed by atoms with Crippen LogP contribution in [-0.4, -0.2) is 38.7 Å². The third-order valence-electron chi connectivity index (χ3n) is 3.63. The lowest BCUT2D eigenvalue weighted by atomic mass is 10.0. The molecule has 0 aromatic carbocycles. The lowest BCUT2D eigenvalue weighted by Crippen LogP contribution is -2.38. The van der Waals surface area contributed by atoms with Gasteiger partial charge in [-0.1, -0.05) is 13.8 Å². The molecule has 1 aliphatic carbocycles. The third-order valence-corrected chi connectivity index (χ3v) is 5.42. The van der Waals surface area contributed by atoms with E-state index in [0.29, 0.717) is 25.5 Å². The molecule has 0 saturated heterocycles. The molecule has 2 atom stereocenters. The fourth-order valence-corrected chi connectivity index (χ4v) is 3.28. The second-order valence-electron chi connectivity index (χ2n) is 5.17. The van der Waals surface area contributed by atoms with Gasteiger partial charge in [-0.05, 0) is 31.6 Å². The molecule has 0 aromatic heterocycles. The first kappa shape index (κ1) is 14.9. The molecule has 0 spiro atoms. The Morgan fingerprint density at radius 1 is 1.47 bits per heavy atom. The van der Waals surface area contributed by atoms with Gasteiger partial charge in [0.1, 0.15) is 9.84 Å². The Morgan fingerprint density at radius 2 is 2.18 bits per heavy atom. The van der Waals surface area contributed by atoms with Crippen LogP contribution in [0.1, 0.15) is 39.5 Å². The highest BCUT2D eigenvalue weighted by molar-refractivity contribution is 7.91. The van der Waals surface area contributed by atoms with Crippen molar-refractivity contribution in [3.63, 3.8) is 0 Å². The lowest BCUT2D eigenvalue weighted by Gasteiger charge is -2.28. The molecule has 0 heterocycles. The Kier molecular flexibility index (Phi) is 5.41. The summed E-state index contributed by atoms with van der Waals surface area (Å²) in [7, 11) is -2.86. The second kappa shape index (κ2) is 6.16. The van der Waals surface area contributed by atoms with Gasteiger partial charge in [-0.2, -0.15) is 0 Å². The lowest BCUT2D eigenvalue weighted by molar-refractivity contribution is -0.0352. The van der Waals surface area contributed by atoms with Gasteiger partial charge in [-0.15, -0.1) is 0 Å². The summed E-state index contributed by atoms with van der Waals surface area (Å²) in [6.45, 7) is 4.93. The van der Waals surface area contributed by atoms with Crippen LogP contribution in [-0.2, 0) is 14.6 Å². The number of ether oxygens (including phenoxy) is 1. The summed E-state index contributed by atoms with van der Waals surface area (Å²) in [5, 5.41) is 0. The standard InChI is InChI=1S/C12H25NO3S/c1-3-17(14,15)8-4-7-16-12(10-13)6-5-11(2)9-12/h11H,3-10,13H2,1-2H3. The van der Waals surface area contributed by atoms with Gasteiger partial charge in [-0.3, -0.25) is 0 Å². The van der Waals surface area contributed by atoms with Gasteiger partial charge in [0.2, 0.25) is 0 Å². The fraction of sp³-hybridized carbons (Fsp3) is 1.00. The molecule has 2 unspecified atom stereocenters. The van der Waals surface area contributed by atoms with Crippen LogP contribution in [0, 0.1) is 5.92 Å². The Morgan fingerprint density at radius 3 is 2.65 bits per heavy atom. The first-order valence-electron chi connectivity index (χ1n) is 6.47. The third kappa shape index (κ3) is 4.56. The minimum absolute atomic E-state index is 0.185. The predicted molar refractivity (Wildman–Crippen MR) is 69.7 cm³/mol. The highest BCUT2D eigenvalue weighted by Gasteiger charge is 2.37. The van der Waals surface area contributed by atoms with Crippen LogP contribution in [0.4, 0.5) is 0 Å². The van der Waals surface area contributed by atoms with Crippen LogP contribution >= 0.6 is 0 Å². The Hall–Kier alpha value is -0.130. The SMILES string of the molecule is CCS(=O)(=O)CCCOC1(CN)CCC(C)C1. The van der Waals surface area contributed by atoms with Gasteiger partial charge in [-0.25, -0.2) is 8.42 Å². The summed E-state index contributed by atoms with van der Waals surface area (Å²) in [5.41, 5.74) is 5.60. The van der Waals surface area contributed by atoms with E-state index >= 15 is 0 Å². The number of nitrogens with two attached hydrogens (primary N) is 1. The molecule has 1 saturated carbocycles. The van der Waals surface area contributed by atoms with E-state index < -0.39 is 9.84 Å². The monoisotopic (exact) mass is 263 g/mol. The smallest absolute Gasteiger partial charge is 0.150 e. The Bertz CT molecular complexity index is 329. The zero-order valence-electron chi connectivity index (χ0n) is 10.9. The molecule has 0 radical (unpaired) electrons. The van der Waals surface area contributed by atoms with E-state index in [-0.39, 0.29) is 17.1 Å². The highest BCUT2D eigenvalue weighted by atomic mass is 32.2. The van der Waals surface area contributed by atoms with Crippen LogP contribution in [0.3, 0.4) is 0 Å². The molecular weight excluding hydrogens is 238 g/mol. The van der Waals surface area contributed by atoms with E-state index in [0.717, 1.165) is 19.3 Å². The fourth-order valence-electron chi connectivity index (χ4n) is 2.44. The summed E-state index contributed by atoms with van der Waals surface area (Å²) in [6.07, 6.45) is 3.74. The highest BCUT2D eigenvalue weighted by Crippen LogP contribution is 2.36. The predicted octanol–water partition coefficient (Wildman–Crippen LogP) is 1.35. The summed E-state index contributed by atoms with van der Waals surface area (Å²) >= 11 is 0. The van der Waals surface area contributed by atoms with Crippen molar-refractivity contribution >= 4 is 9.84 Å². The molecule has 17 heavy (non-hydrogen) atoms. The molecule has 1 aliphatic rings. The number of rotatable bonds is 7. The van der Waals surface area contributed by atoms with Crippen molar-refractivity contribution in [2.24, 2.45) is 11.7 Å². The molecule has 5 heteroatoms. The first-order chi connectivity index (χ1) is 7.93. The summed E-state index contributed by atoms with van der Waals surface area (Å²) in [5.74, 6) is 1.10. The van der Waals surface area contributed by atoms with Crippen molar-refractivity contribution in [3.8, 4) is 0 Å². The average Bonchev–Trinajstić information content (AvgIpc) is 2.67. The van der Waals surface area contributed by atoms with Gasteiger partial charge >= 0.3 is 0 Å². The first-order valence-corrected chi connectivity index (χ1v) is 8.29. The van der Waals surface area contributed by atoms with Crippen molar-refractivity contribution in [3.05, 3.63) is 0 Å². The van der Waals surface area contributed by atoms with Crippen molar-refractivity contribution < 1.29 is 13.2 Å². The van der Waals surface area contributed by atoms with Crippen molar-refractivity contribution in [1.82, 2.24) is 0 Å². The van der Waals surface area contributed by atoms with E-state index in [1.54, 1.807) is 6.92 Å². The minimum atomic E-state index is -2.86. The van der Waals surface area contributed by atoms with Gasteiger partial charge < -0.3 is 10.5 Å². The van der Waals surface area contributed by atoms with E-state index in [1.807, 2.05) is 0 Å². The molecule has 102 valence electrons. The maximum Gasteiger partial charge on any atom is 0.150 e. The average molecular weight is 263 g/mol. The molecule has 0 bridgehead atoms. The van der Waals surface area contributed by atoms with E-state index in [2.05, 4.69) is 6.92 Å². The molecule has 0 aromatic rings. The van der Waals surface area contributed by atoms with Crippen molar-refractivity contribution in [2.45, 2.75) is 45.1 Å². The minimum Gasteiger partial charge on any atom is -0.374 e. The number of hydrogen-bond donors (Lipinski definition) is 1. The topological polar surface area (TPSA) is 69.4 Å². The molecule has 1 rings (SSSR count). The van der Waals surface area contributed by atoms with Crippen LogP contribution in [0.15, 0.2) is 0 Å². The summed E-state index contributed by atoms with van der Waals surface area (Å²) < 4.78 is 28.5. The molecule has 4 nitrogen and oxygen atoms in total. The molecule has 1 fully saturated rings. The van der Waals surface area contributed by atoms with E-state index in [1.165, 1.54) is 0 Å². The Balaban J connectivity index is 2.30. The zero-order chi connectivity index (χ0) is 12.9. The summed E-state index contributed by atoms with van der Waals surface area (Å²) in [6, 6.07) is 0. The van der Waals surface area contributed by atoms with Crippen molar-refractivity contribution in [1.29, 1.82) is 0 Å². The molecule has 2 N–H and O–H groups in total. The van der Waals surface area contributed by atoms with E-state index in [9.17, 15) is 8.42 Å². The maximum absolute atomic E-state index is 11.3. The maximum atomic E-state index is 11.3. The normalized spacial score (nSPS) is 29.7. The second-order valence-corrected chi connectivity index (χ2v) is 7.65. The summed E-state index contributed by atoms with van der Waals surface area (Å²) in [4.78, 5) is 0. The van der Waals surface area contributed by atoms with Crippen LogP contribution in [0.5, 0.6) is 0 Å². The van der Waals surface area contributed by atoms with Crippen LogP contribution < -0.4 is 5.73 Å². The largest absolute Gasteiger partial charge is 0.374 e. The van der Waals surface area contributed by atoms with Gasteiger partial charge in [0.05, 0.1) is 11.4 Å². The van der Waals surface area contributed by atoms with E-state index in [4.69, 9.17) is 10.5 Å². The van der Waals surface area contributed by atoms with Crippen molar-refractivity contribution in [2.75, 3.05) is 24.7 Å². The number of hydrogen-bond acceptors (Lipinski definition) is 4. The number of sulfone groups is 1.